The predicted molar refractivity (Wildman–Crippen MR) is 71.7 cm³/mol. The summed E-state index contributed by atoms with van der Waals surface area (Å²) < 4.78 is 1.89. The van der Waals surface area contributed by atoms with E-state index in [9.17, 15) is 0 Å². The van der Waals surface area contributed by atoms with Gasteiger partial charge in [0.2, 0.25) is 0 Å². The van der Waals surface area contributed by atoms with E-state index in [4.69, 9.17) is 23.2 Å². The molecule has 0 aliphatic heterocycles. The summed E-state index contributed by atoms with van der Waals surface area (Å²) in [7, 11) is 0. The highest BCUT2D eigenvalue weighted by molar-refractivity contribution is 6.35. The Bertz CT molecular complexity index is 488. The van der Waals surface area contributed by atoms with Crippen LogP contribution in [0.5, 0.6) is 0 Å². The number of hydrogen-bond donors (Lipinski definition) is 1. The van der Waals surface area contributed by atoms with E-state index in [0.717, 1.165) is 17.8 Å². The van der Waals surface area contributed by atoms with E-state index < -0.39 is 0 Å². The highest BCUT2D eigenvalue weighted by Gasteiger charge is 2.00. The third kappa shape index (κ3) is 3.38. The Morgan fingerprint density at radius 3 is 2.53 bits per heavy atom. The first-order valence-corrected chi connectivity index (χ1v) is 6.14. The first-order valence-electron chi connectivity index (χ1n) is 5.38. The number of nitrogens with zero attached hydrogens (tertiary/aromatic N) is 2. The van der Waals surface area contributed by atoms with E-state index in [1.54, 1.807) is 6.07 Å². The van der Waals surface area contributed by atoms with Crippen LogP contribution in [0.4, 0.5) is 5.69 Å². The number of aryl methyl sites for hydroxylation is 1. The summed E-state index contributed by atoms with van der Waals surface area (Å²) >= 11 is 11.8. The lowest BCUT2D eigenvalue weighted by molar-refractivity contribution is 0.659. The van der Waals surface area contributed by atoms with E-state index >= 15 is 0 Å². The largest absolute Gasteiger partial charge is 0.381 e. The van der Waals surface area contributed by atoms with Gasteiger partial charge in [0.25, 0.3) is 0 Å². The third-order valence-electron chi connectivity index (χ3n) is 2.37. The lowest BCUT2D eigenvalue weighted by atomic mass is 10.3. The van der Waals surface area contributed by atoms with Crippen LogP contribution in [0.3, 0.4) is 0 Å². The topological polar surface area (TPSA) is 29.9 Å². The van der Waals surface area contributed by atoms with Gasteiger partial charge in [-0.15, -0.1) is 0 Å². The van der Waals surface area contributed by atoms with Crippen LogP contribution in [0, 0.1) is 0 Å². The van der Waals surface area contributed by atoms with Crippen LogP contribution < -0.4 is 5.32 Å². The Balaban J connectivity index is 2.01. The fourth-order valence-corrected chi connectivity index (χ4v) is 2.06. The lowest BCUT2D eigenvalue weighted by Gasteiger charge is -2.05. The molecule has 0 unspecified atom stereocenters. The number of aromatic nitrogens is 2. The molecule has 17 heavy (non-hydrogen) atoms. The maximum Gasteiger partial charge on any atom is 0.0539 e. The summed E-state index contributed by atoms with van der Waals surface area (Å²) in [5.74, 6) is 0. The molecular weight excluding hydrogens is 257 g/mol. The van der Waals surface area contributed by atoms with Gasteiger partial charge >= 0.3 is 0 Å². The van der Waals surface area contributed by atoms with E-state index in [-0.39, 0.29) is 0 Å². The summed E-state index contributed by atoms with van der Waals surface area (Å²) in [6, 6.07) is 5.40. The first-order chi connectivity index (χ1) is 8.17. The zero-order valence-electron chi connectivity index (χ0n) is 9.45. The molecule has 1 N–H and O–H groups in total. The summed E-state index contributed by atoms with van der Waals surface area (Å²) in [6.07, 6.45) is 3.86. The van der Waals surface area contributed by atoms with Crippen LogP contribution in [0.2, 0.25) is 10.0 Å². The molecule has 0 atom stereocenters. The van der Waals surface area contributed by atoms with E-state index in [2.05, 4.69) is 17.3 Å². The Hall–Kier alpha value is -1.19. The molecule has 0 aliphatic carbocycles. The Morgan fingerprint density at radius 1 is 1.24 bits per heavy atom. The van der Waals surface area contributed by atoms with E-state index in [1.807, 2.05) is 29.2 Å². The van der Waals surface area contributed by atoms with Crippen LogP contribution in [-0.2, 0) is 13.1 Å². The van der Waals surface area contributed by atoms with E-state index in [0.29, 0.717) is 16.6 Å². The van der Waals surface area contributed by atoms with Crippen molar-refractivity contribution in [1.82, 2.24) is 9.78 Å². The van der Waals surface area contributed by atoms with Crippen LogP contribution in [0.15, 0.2) is 30.6 Å². The number of nitrogens with one attached hydrogen (secondary N) is 1. The van der Waals surface area contributed by atoms with Gasteiger partial charge in [0, 0.05) is 40.6 Å². The van der Waals surface area contributed by atoms with Gasteiger partial charge in [-0.2, -0.15) is 5.10 Å². The van der Waals surface area contributed by atoms with Crippen molar-refractivity contribution >= 4 is 28.9 Å². The van der Waals surface area contributed by atoms with Gasteiger partial charge in [0.15, 0.2) is 0 Å². The van der Waals surface area contributed by atoms with Crippen molar-refractivity contribution in [2.45, 2.75) is 20.0 Å². The molecule has 0 bridgehead atoms. The third-order valence-corrected chi connectivity index (χ3v) is 2.81. The molecule has 3 nitrogen and oxygen atoms in total. The summed E-state index contributed by atoms with van der Waals surface area (Å²) in [4.78, 5) is 0. The van der Waals surface area contributed by atoms with Gasteiger partial charge in [-0.05, 0) is 25.1 Å². The average Bonchev–Trinajstić information content (AvgIpc) is 2.73. The minimum absolute atomic E-state index is 0.629. The van der Waals surface area contributed by atoms with Crippen molar-refractivity contribution in [3.63, 3.8) is 0 Å². The van der Waals surface area contributed by atoms with Gasteiger partial charge in [0.05, 0.1) is 6.20 Å². The summed E-state index contributed by atoms with van der Waals surface area (Å²) in [5, 5.41) is 8.72. The minimum Gasteiger partial charge on any atom is -0.381 e. The van der Waals surface area contributed by atoms with Gasteiger partial charge in [-0.3, -0.25) is 4.68 Å². The first kappa shape index (κ1) is 12.3. The number of hydrogen-bond acceptors (Lipinski definition) is 2. The summed E-state index contributed by atoms with van der Waals surface area (Å²) in [5.41, 5.74) is 2.04. The van der Waals surface area contributed by atoms with Gasteiger partial charge in [0.1, 0.15) is 0 Å². The fraction of sp³-hybridized carbons (Fsp3) is 0.250. The van der Waals surface area contributed by atoms with Gasteiger partial charge in [-0.1, -0.05) is 23.2 Å². The standard InChI is InChI=1S/C12H13Cl2N3/c1-2-17-8-9(7-16-17)6-15-12-4-10(13)3-11(14)5-12/h3-5,7-8,15H,2,6H2,1H3. The molecule has 0 saturated carbocycles. The normalized spacial score (nSPS) is 10.5. The highest BCUT2D eigenvalue weighted by atomic mass is 35.5. The highest BCUT2D eigenvalue weighted by Crippen LogP contribution is 2.22. The van der Waals surface area contributed by atoms with Crippen LogP contribution in [0.25, 0.3) is 0 Å². The molecule has 0 amide bonds. The molecule has 1 aromatic carbocycles. The Kier molecular flexibility index (Phi) is 3.92. The zero-order chi connectivity index (χ0) is 12.3. The molecule has 2 aromatic rings. The second-order valence-electron chi connectivity index (χ2n) is 3.72. The minimum atomic E-state index is 0.629. The molecule has 1 heterocycles. The molecule has 5 heteroatoms. The molecule has 1 aromatic heterocycles. The van der Waals surface area contributed by atoms with Crippen molar-refractivity contribution in [3.05, 3.63) is 46.2 Å². The number of benzene rings is 1. The smallest absolute Gasteiger partial charge is 0.0539 e. The molecule has 0 aliphatic rings. The molecule has 90 valence electrons. The maximum atomic E-state index is 5.92. The Labute approximate surface area is 110 Å². The van der Waals surface area contributed by atoms with Crippen molar-refractivity contribution < 1.29 is 0 Å². The van der Waals surface area contributed by atoms with E-state index in [1.165, 1.54) is 0 Å². The van der Waals surface area contributed by atoms with Crippen LogP contribution >= 0.6 is 23.2 Å². The second-order valence-corrected chi connectivity index (χ2v) is 4.59. The zero-order valence-corrected chi connectivity index (χ0v) is 11.0. The van der Waals surface area contributed by atoms with Crippen molar-refractivity contribution in [3.8, 4) is 0 Å². The number of anilines is 1. The quantitative estimate of drug-likeness (QED) is 0.915. The number of halogens is 2. The van der Waals surface area contributed by atoms with Crippen molar-refractivity contribution in [1.29, 1.82) is 0 Å². The molecular formula is C12H13Cl2N3. The maximum absolute atomic E-state index is 5.92. The molecule has 0 spiro atoms. The average molecular weight is 270 g/mol. The Morgan fingerprint density at radius 2 is 1.94 bits per heavy atom. The SMILES string of the molecule is CCn1cc(CNc2cc(Cl)cc(Cl)c2)cn1. The summed E-state index contributed by atoms with van der Waals surface area (Å²) in [6.45, 7) is 3.64. The van der Waals surface area contributed by atoms with Crippen molar-refractivity contribution in [2.75, 3.05) is 5.32 Å². The fourth-order valence-electron chi connectivity index (χ4n) is 1.53. The van der Waals surface area contributed by atoms with Gasteiger partial charge < -0.3 is 5.32 Å². The van der Waals surface area contributed by atoms with Crippen molar-refractivity contribution in [2.24, 2.45) is 0 Å². The number of rotatable bonds is 4. The molecule has 0 saturated heterocycles. The predicted octanol–water partition coefficient (Wildman–Crippen LogP) is 3.82. The second kappa shape index (κ2) is 5.43. The monoisotopic (exact) mass is 269 g/mol. The van der Waals surface area contributed by atoms with Gasteiger partial charge in [-0.25, -0.2) is 0 Å². The molecule has 2 rings (SSSR count). The lowest BCUT2D eigenvalue weighted by Crippen LogP contribution is -1.98. The molecule has 0 fully saturated rings. The van der Waals surface area contributed by atoms with Crippen LogP contribution in [0.1, 0.15) is 12.5 Å². The van der Waals surface area contributed by atoms with Crippen LogP contribution in [-0.4, -0.2) is 9.78 Å². The molecule has 0 radical (unpaired) electrons.